The number of fused-ring (bicyclic) bond motifs is 1. The molecule has 1 amide bonds. The van der Waals surface area contributed by atoms with Crippen molar-refractivity contribution in [3.05, 3.63) is 95.6 Å². The molecule has 1 N–H and O–H groups in total. The molecule has 34 heavy (non-hydrogen) atoms. The second-order valence-electron chi connectivity index (χ2n) is 8.86. The Hall–Kier alpha value is -3.53. The highest BCUT2D eigenvalue weighted by Gasteiger charge is 2.49. The monoisotopic (exact) mass is 452 g/mol. The number of amides is 1. The van der Waals surface area contributed by atoms with Crippen LogP contribution in [-0.2, 0) is 0 Å². The van der Waals surface area contributed by atoms with E-state index in [1.165, 1.54) is 5.56 Å². The number of hydrogen-bond donors (Lipinski definition) is 1. The van der Waals surface area contributed by atoms with Gasteiger partial charge in [-0.15, -0.1) is 0 Å². The van der Waals surface area contributed by atoms with Crippen molar-refractivity contribution in [3.8, 4) is 11.8 Å². The number of hydrogen-bond acceptors (Lipinski definition) is 5. The predicted octanol–water partition coefficient (Wildman–Crippen LogP) is 2.94. The van der Waals surface area contributed by atoms with Crippen LogP contribution in [0.5, 0.6) is 0 Å². The molecule has 6 heteroatoms. The number of rotatable bonds is 3. The molecule has 5 rings (SSSR count). The van der Waals surface area contributed by atoms with E-state index < -0.39 is 0 Å². The SMILES string of the molecule is O=C(c1ccncc1)N1CCCCN2[C@H](C1)[C@H](c1ccc(C#Cc3ccccn3)cc1)[C@@H]2CO. The summed E-state index contributed by atoms with van der Waals surface area (Å²) in [4.78, 5) is 25.8. The molecular formula is C28H28N4O2. The normalized spacial score (nSPS) is 22.4. The van der Waals surface area contributed by atoms with Gasteiger partial charge in [0, 0.05) is 60.8 Å². The minimum absolute atomic E-state index is 0.0515. The van der Waals surface area contributed by atoms with Gasteiger partial charge in [-0.1, -0.05) is 24.1 Å². The van der Waals surface area contributed by atoms with Gasteiger partial charge in [-0.2, -0.15) is 0 Å². The van der Waals surface area contributed by atoms with Gasteiger partial charge in [0.2, 0.25) is 0 Å². The highest BCUT2D eigenvalue weighted by atomic mass is 16.3. The Kier molecular flexibility index (Phi) is 6.66. The molecule has 2 aliphatic rings. The molecule has 3 aromatic rings. The number of carbonyl (C=O) groups excluding carboxylic acids is 1. The number of nitrogens with zero attached hydrogens (tertiary/aromatic N) is 4. The van der Waals surface area contributed by atoms with Crippen LogP contribution in [0.2, 0.25) is 0 Å². The van der Waals surface area contributed by atoms with Gasteiger partial charge < -0.3 is 10.0 Å². The minimum Gasteiger partial charge on any atom is -0.395 e. The summed E-state index contributed by atoms with van der Waals surface area (Å²) in [7, 11) is 0. The first-order valence-electron chi connectivity index (χ1n) is 11.8. The van der Waals surface area contributed by atoms with Crippen molar-refractivity contribution in [2.75, 3.05) is 26.2 Å². The van der Waals surface area contributed by atoms with Crippen molar-refractivity contribution < 1.29 is 9.90 Å². The standard InChI is InChI=1S/C28H28N4O2/c33-20-26-27(22-9-6-21(7-10-22)8-11-24-5-1-2-14-30-24)25-19-31(17-3-4-18-32(25)26)28(34)23-12-15-29-16-13-23/h1-2,5-7,9-10,12-16,25-27,33H,3-4,17-20H2/t25-,26+,27+/m1/s1. The van der Waals surface area contributed by atoms with Crippen molar-refractivity contribution in [1.82, 2.24) is 19.8 Å². The molecule has 0 saturated carbocycles. The van der Waals surface area contributed by atoms with Crippen molar-refractivity contribution >= 4 is 5.91 Å². The first-order valence-corrected chi connectivity index (χ1v) is 11.8. The van der Waals surface area contributed by atoms with E-state index in [-0.39, 0.29) is 30.5 Å². The topological polar surface area (TPSA) is 69.6 Å². The van der Waals surface area contributed by atoms with Gasteiger partial charge >= 0.3 is 0 Å². The Balaban J connectivity index is 1.35. The van der Waals surface area contributed by atoms with Gasteiger partial charge in [0.25, 0.3) is 5.91 Å². The number of aliphatic hydroxyl groups is 1. The first kappa shape index (κ1) is 22.3. The highest BCUT2D eigenvalue weighted by Crippen LogP contribution is 2.42. The Morgan fingerprint density at radius 3 is 2.50 bits per heavy atom. The van der Waals surface area contributed by atoms with Crippen molar-refractivity contribution in [2.24, 2.45) is 0 Å². The van der Waals surface area contributed by atoms with Crippen LogP contribution in [0, 0.1) is 11.8 Å². The van der Waals surface area contributed by atoms with E-state index in [1.807, 2.05) is 35.2 Å². The third-order valence-electron chi connectivity index (χ3n) is 6.88. The Morgan fingerprint density at radius 2 is 1.76 bits per heavy atom. The summed E-state index contributed by atoms with van der Waals surface area (Å²) in [5.74, 6) is 6.49. The third-order valence-corrected chi connectivity index (χ3v) is 6.88. The van der Waals surface area contributed by atoms with E-state index >= 15 is 0 Å². The summed E-state index contributed by atoms with van der Waals surface area (Å²) >= 11 is 0. The molecule has 0 unspecified atom stereocenters. The lowest BCUT2D eigenvalue weighted by Crippen LogP contribution is -2.67. The van der Waals surface area contributed by atoms with E-state index in [0.717, 1.165) is 37.2 Å². The zero-order valence-electron chi connectivity index (χ0n) is 19.0. The lowest BCUT2D eigenvalue weighted by atomic mass is 9.74. The Bertz CT molecular complexity index is 1170. The number of aromatic nitrogens is 2. The molecule has 2 aliphatic heterocycles. The molecule has 0 spiro atoms. The van der Waals surface area contributed by atoms with Crippen LogP contribution in [0.25, 0.3) is 0 Å². The van der Waals surface area contributed by atoms with E-state index in [1.54, 1.807) is 30.7 Å². The fourth-order valence-corrected chi connectivity index (χ4v) is 5.16. The fourth-order valence-electron chi connectivity index (χ4n) is 5.16. The molecule has 1 aromatic carbocycles. The fraction of sp³-hybridized carbons (Fsp3) is 0.321. The molecule has 172 valence electrons. The van der Waals surface area contributed by atoms with Crippen LogP contribution in [0.4, 0.5) is 0 Å². The number of aliphatic hydroxyl groups excluding tert-OH is 1. The predicted molar refractivity (Wildman–Crippen MR) is 130 cm³/mol. The van der Waals surface area contributed by atoms with Gasteiger partial charge in [0.15, 0.2) is 0 Å². The molecule has 0 aliphatic carbocycles. The van der Waals surface area contributed by atoms with Crippen molar-refractivity contribution in [3.63, 3.8) is 0 Å². The van der Waals surface area contributed by atoms with E-state index in [9.17, 15) is 9.90 Å². The van der Waals surface area contributed by atoms with Crippen LogP contribution in [0.3, 0.4) is 0 Å². The number of pyridine rings is 2. The maximum Gasteiger partial charge on any atom is 0.254 e. The van der Waals surface area contributed by atoms with Crippen molar-refractivity contribution in [1.29, 1.82) is 0 Å². The van der Waals surface area contributed by atoms with Crippen LogP contribution in [0.1, 0.15) is 45.9 Å². The molecule has 2 fully saturated rings. The maximum absolute atomic E-state index is 13.2. The molecule has 6 nitrogen and oxygen atoms in total. The average Bonchev–Trinajstić information content (AvgIpc) is 2.88. The average molecular weight is 453 g/mol. The second-order valence-corrected chi connectivity index (χ2v) is 8.86. The van der Waals surface area contributed by atoms with Gasteiger partial charge in [-0.3, -0.25) is 14.7 Å². The largest absolute Gasteiger partial charge is 0.395 e. The smallest absolute Gasteiger partial charge is 0.254 e. The van der Waals surface area contributed by atoms with Crippen LogP contribution < -0.4 is 0 Å². The highest BCUT2D eigenvalue weighted by molar-refractivity contribution is 5.94. The lowest BCUT2D eigenvalue weighted by Gasteiger charge is -2.57. The summed E-state index contributed by atoms with van der Waals surface area (Å²) in [5, 5.41) is 10.2. The zero-order valence-corrected chi connectivity index (χ0v) is 19.0. The minimum atomic E-state index is 0.0515. The summed E-state index contributed by atoms with van der Waals surface area (Å²) in [6, 6.07) is 17.8. The first-order chi connectivity index (χ1) is 16.7. The molecule has 0 bridgehead atoms. The summed E-state index contributed by atoms with van der Waals surface area (Å²) in [6.07, 6.45) is 7.04. The van der Waals surface area contributed by atoms with E-state index in [2.05, 4.69) is 38.8 Å². The quantitative estimate of drug-likeness (QED) is 0.619. The molecular weight excluding hydrogens is 424 g/mol. The van der Waals surface area contributed by atoms with Gasteiger partial charge in [0.1, 0.15) is 5.69 Å². The van der Waals surface area contributed by atoms with Gasteiger partial charge in [-0.25, -0.2) is 4.98 Å². The molecule has 2 saturated heterocycles. The summed E-state index contributed by atoms with van der Waals surface area (Å²) < 4.78 is 0. The number of benzene rings is 1. The second kappa shape index (κ2) is 10.2. The molecule has 2 aromatic heterocycles. The van der Waals surface area contributed by atoms with Crippen molar-refractivity contribution in [2.45, 2.75) is 30.8 Å². The molecule has 3 atom stereocenters. The Labute approximate surface area is 200 Å². The van der Waals surface area contributed by atoms with Crippen LogP contribution in [0.15, 0.2) is 73.2 Å². The van der Waals surface area contributed by atoms with Crippen LogP contribution in [-0.4, -0.2) is 69.1 Å². The lowest BCUT2D eigenvalue weighted by molar-refractivity contribution is -0.0606. The molecule has 4 heterocycles. The Morgan fingerprint density at radius 1 is 0.971 bits per heavy atom. The summed E-state index contributed by atoms with van der Waals surface area (Å²) in [5.41, 5.74) is 3.53. The molecule has 0 radical (unpaired) electrons. The van der Waals surface area contributed by atoms with E-state index in [4.69, 9.17) is 0 Å². The summed E-state index contributed by atoms with van der Waals surface area (Å²) in [6.45, 7) is 2.48. The third kappa shape index (κ3) is 4.58. The van der Waals surface area contributed by atoms with Gasteiger partial charge in [0.05, 0.1) is 6.61 Å². The number of carbonyl (C=O) groups is 1. The maximum atomic E-state index is 13.2. The van der Waals surface area contributed by atoms with Gasteiger partial charge in [-0.05, 0) is 67.3 Å². The van der Waals surface area contributed by atoms with Crippen LogP contribution >= 0.6 is 0 Å². The zero-order chi connectivity index (χ0) is 23.3. The van der Waals surface area contributed by atoms with E-state index in [0.29, 0.717) is 12.1 Å².